The van der Waals surface area contributed by atoms with E-state index in [2.05, 4.69) is 0 Å². The number of aromatic hydroxyl groups is 1. The number of fused-ring (bicyclic) bond motifs is 1. The topological polar surface area (TPSA) is 40.5 Å². The molecule has 0 saturated carbocycles. The van der Waals surface area contributed by atoms with Crippen molar-refractivity contribution in [2.24, 2.45) is 0 Å². The van der Waals surface area contributed by atoms with Gasteiger partial charge in [0.25, 0.3) is 5.91 Å². The van der Waals surface area contributed by atoms with Crippen molar-refractivity contribution in [3.8, 4) is 5.75 Å². The quantitative estimate of drug-likeness (QED) is 0.854. The van der Waals surface area contributed by atoms with E-state index in [1.165, 1.54) is 11.0 Å². The summed E-state index contributed by atoms with van der Waals surface area (Å²) >= 11 is 5.91. The van der Waals surface area contributed by atoms with Crippen molar-refractivity contribution >= 4 is 23.2 Å². The fraction of sp³-hybridized carbons (Fsp3) is 0.0714. The normalized spacial score (nSPS) is 13.8. The van der Waals surface area contributed by atoms with E-state index < -0.39 is 0 Å². The highest BCUT2D eigenvalue weighted by Crippen LogP contribution is 2.35. The lowest BCUT2D eigenvalue weighted by Gasteiger charge is -2.17. The average Bonchev–Trinajstić information content (AvgIpc) is 2.71. The van der Waals surface area contributed by atoms with Gasteiger partial charge < -0.3 is 10.0 Å². The zero-order valence-corrected chi connectivity index (χ0v) is 10.2. The Balaban J connectivity index is 2.06. The van der Waals surface area contributed by atoms with Crippen molar-refractivity contribution in [3.05, 3.63) is 58.6 Å². The minimum absolute atomic E-state index is 0.0561. The molecule has 0 saturated heterocycles. The number of carbonyl (C=O) groups is 1. The second kappa shape index (κ2) is 4.03. The molecule has 3 nitrogen and oxygen atoms in total. The standard InChI is InChI=1S/C14H10ClNO2/c15-10-5-6-13(17)12(7-10)16-8-9-3-1-2-4-11(9)14(16)18/h1-7,17H,8H2. The number of phenolic OH excluding ortho intramolecular Hbond substituents is 1. The molecule has 0 atom stereocenters. The largest absolute Gasteiger partial charge is 0.506 e. The monoisotopic (exact) mass is 259 g/mol. The summed E-state index contributed by atoms with van der Waals surface area (Å²) < 4.78 is 0. The van der Waals surface area contributed by atoms with Crippen LogP contribution in [0.1, 0.15) is 15.9 Å². The van der Waals surface area contributed by atoms with E-state index in [0.717, 1.165) is 5.56 Å². The summed E-state index contributed by atoms with van der Waals surface area (Å²) in [5.41, 5.74) is 2.09. The minimum atomic E-state index is -0.108. The molecule has 0 spiro atoms. The van der Waals surface area contributed by atoms with Crippen LogP contribution in [0.5, 0.6) is 5.75 Å². The molecule has 2 aromatic rings. The molecule has 90 valence electrons. The van der Waals surface area contributed by atoms with Crippen LogP contribution >= 0.6 is 11.6 Å². The maximum absolute atomic E-state index is 12.2. The lowest BCUT2D eigenvalue weighted by Crippen LogP contribution is -2.23. The lowest BCUT2D eigenvalue weighted by molar-refractivity contribution is 0.0996. The first-order chi connectivity index (χ1) is 8.66. The fourth-order valence-corrected chi connectivity index (χ4v) is 2.33. The van der Waals surface area contributed by atoms with Gasteiger partial charge in [-0.3, -0.25) is 4.79 Å². The molecule has 0 radical (unpaired) electrons. The lowest BCUT2D eigenvalue weighted by atomic mass is 10.1. The first-order valence-electron chi connectivity index (χ1n) is 5.55. The van der Waals surface area contributed by atoms with E-state index in [9.17, 15) is 9.90 Å². The van der Waals surface area contributed by atoms with Crippen molar-refractivity contribution in [2.75, 3.05) is 4.90 Å². The molecule has 3 rings (SSSR count). The Morgan fingerprint density at radius 2 is 1.94 bits per heavy atom. The number of rotatable bonds is 1. The van der Waals surface area contributed by atoms with E-state index in [0.29, 0.717) is 22.8 Å². The molecule has 1 aliphatic heterocycles. The van der Waals surface area contributed by atoms with Crippen LogP contribution in [-0.2, 0) is 6.54 Å². The van der Waals surface area contributed by atoms with E-state index in [1.807, 2.05) is 18.2 Å². The SMILES string of the molecule is O=C1c2ccccc2CN1c1cc(Cl)ccc1O. The zero-order valence-electron chi connectivity index (χ0n) is 9.43. The molecule has 0 bridgehead atoms. The fourth-order valence-electron chi connectivity index (χ4n) is 2.16. The molecule has 2 aromatic carbocycles. The molecule has 1 heterocycles. The Bertz CT molecular complexity index is 639. The van der Waals surface area contributed by atoms with Gasteiger partial charge >= 0.3 is 0 Å². The summed E-state index contributed by atoms with van der Waals surface area (Å²) in [6.07, 6.45) is 0. The third kappa shape index (κ3) is 1.64. The van der Waals surface area contributed by atoms with Gasteiger partial charge in [-0.25, -0.2) is 0 Å². The molecular weight excluding hydrogens is 250 g/mol. The number of nitrogens with zero attached hydrogens (tertiary/aromatic N) is 1. The predicted molar refractivity (Wildman–Crippen MR) is 70.1 cm³/mol. The first-order valence-corrected chi connectivity index (χ1v) is 5.93. The van der Waals surface area contributed by atoms with Crippen molar-refractivity contribution in [3.63, 3.8) is 0 Å². The molecule has 1 N–H and O–H groups in total. The third-order valence-corrected chi connectivity index (χ3v) is 3.28. The molecule has 1 amide bonds. The van der Waals surface area contributed by atoms with Crippen LogP contribution in [0.4, 0.5) is 5.69 Å². The Labute approximate surface area is 109 Å². The number of benzene rings is 2. The van der Waals surface area contributed by atoms with Gasteiger partial charge in [0, 0.05) is 10.6 Å². The van der Waals surface area contributed by atoms with Crippen LogP contribution in [0.25, 0.3) is 0 Å². The summed E-state index contributed by atoms with van der Waals surface area (Å²) in [6, 6.07) is 12.1. The summed E-state index contributed by atoms with van der Waals surface area (Å²) in [6.45, 7) is 0.461. The summed E-state index contributed by atoms with van der Waals surface area (Å²) in [5.74, 6) is -0.0521. The highest BCUT2D eigenvalue weighted by molar-refractivity contribution is 6.31. The van der Waals surface area contributed by atoms with Crippen LogP contribution < -0.4 is 4.90 Å². The first kappa shape index (κ1) is 11.1. The molecular formula is C14H10ClNO2. The summed E-state index contributed by atoms with van der Waals surface area (Å²) in [5, 5.41) is 10.3. The zero-order chi connectivity index (χ0) is 12.7. The maximum Gasteiger partial charge on any atom is 0.259 e. The number of anilines is 1. The molecule has 4 heteroatoms. The summed E-state index contributed by atoms with van der Waals surface area (Å²) in [4.78, 5) is 13.8. The highest BCUT2D eigenvalue weighted by Gasteiger charge is 2.29. The van der Waals surface area contributed by atoms with Crippen molar-refractivity contribution < 1.29 is 9.90 Å². The van der Waals surface area contributed by atoms with Gasteiger partial charge in [0.15, 0.2) is 0 Å². The van der Waals surface area contributed by atoms with Gasteiger partial charge in [-0.05, 0) is 29.8 Å². The second-order valence-corrected chi connectivity index (χ2v) is 4.62. The number of halogens is 1. The number of hydrogen-bond donors (Lipinski definition) is 1. The maximum atomic E-state index is 12.2. The van der Waals surface area contributed by atoms with Crippen LogP contribution in [-0.4, -0.2) is 11.0 Å². The van der Waals surface area contributed by atoms with Gasteiger partial charge in [-0.1, -0.05) is 29.8 Å². The molecule has 1 aliphatic rings. The van der Waals surface area contributed by atoms with Crippen molar-refractivity contribution in [1.29, 1.82) is 0 Å². The van der Waals surface area contributed by atoms with E-state index in [4.69, 9.17) is 11.6 Å². The van der Waals surface area contributed by atoms with Gasteiger partial charge in [0.1, 0.15) is 5.75 Å². The summed E-state index contributed by atoms with van der Waals surface area (Å²) in [7, 11) is 0. The average molecular weight is 260 g/mol. The Hall–Kier alpha value is -2.00. The smallest absolute Gasteiger partial charge is 0.259 e. The van der Waals surface area contributed by atoms with Crippen LogP contribution in [0.3, 0.4) is 0 Å². The Morgan fingerprint density at radius 1 is 1.17 bits per heavy atom. The van der Waals surface area contributed by atoms with Crippen LogP contribution in [0, 0.1) is 0 Å². The van der Waals surface area contributed by atoms with Gasteiger partial charge in [0.05, 0.1) is 12.2 Å². The molecule has 0 aromatic heterocycles. The number of carbonyl (C=O) groups excluding carboxylic acids is 1. The van der Waals surface area contributed by atoms with Gasteiger partial charge in [-0.2, -0.15) is 0 Å². The van der Waals surface area contributed by atoms with Crippen molar-refractivity contribution in [1.82, 2.24) is 0 Å². The highest BCUT2D eigenvalue weighted by atomic mass is 35.5. The molecule has 0 aliphatic carbocycles. The third-order valence-electron chi connectivity index (χ3n) is 3.05. The Kier molecular flexibility index (Phi) is 2.49. The molecule has 0 unspecified atom stereocenters. The van der Waals surface area contributed by atoms with Gasteiger partial charge in [0.2, 0.25) is 0 Å². The van der Waals surface area contributed by atoms with Gasteiger partial charge in [-0.15, -0.1) is 0 Å². The van der Waals surface area contributed by atoms with Crippen LogP contribution in [0.2, 0.25) is 5.02 Å². The Morgan fingerprint density at radius 3 is 2.72 bits per heavy atom. The molecule has 18 heavy (non-hydrogen) atoms. The predicted octanol–water partition coefficient (Wildman–Crippen LogP) is 3.21. The van der Waals surface area contributed by atoms with E-state index >= 15 is 0 Å². The number of phenols is 1. The second-order valence-electron chi connectivity index (χ2n) is 4.18. The minimum Gasteiger partial charge on any atom is -0.506 e. The number of hydrogen-bond acceptors (Lipinski definition) is 2. The van der Waals surface area contributed by atoms with Crippen LogP contribution in [0.15, 0.2) is 42.5 Å². The van der Waals surface area contributed by atoms with Crippen molar-refractivity contribution in [2.45, 2.75) is 6.54 Å². The van der Waals surface area contributed by atoms with E-state index in [1.54, 1.807) is 18.2 Å². The van der Waals surface area contributed by atoms with E-state index in [-0.39, 0.29) is 11.7 Å². The number of amides is 1. The molecule has 0 fully saturated rings.